The van der Waals surface area contributed by atoms with E-state index >= 15 is 0 Å². The molecule has 0 spiro atoms. The van der Waals surface area contributed by atoms with Crippen molar-refractivity contribution in [2.45, 2.75) is 36.5 Å². The number of carbonyl (C=O) groups is 1. The van der Waals surface area contributed by atoms with Gasteiger partial charge in [-0.2, -0.15) is 4.31 Å². The molecule has 2 heterocycles. The summed E-state index contributed by atoms with van der Waals surface area (Å²) < 4.78 is 33.8. The van der Waals surface area contributed by atoms with Gasteiger partial charge in [-0.05, 0) is 43.2 Å². The normalized spacial score (nSPS) is 22.3. The molecule has 1 aliphatic heterocycles. The van der Waals surface area contributed by atoms with Gasteiger partial charge in [0.1, 0.15) is 0 Å². The zero-order valence-corrected chi connectivity index (χ0v) is 19.9. The van der Waals surface area contributed by atoms with Gasteiger partial charge >= 0.3 is 0 Å². The van der Waals surface area contributed by atoms with E-state index in [0.29, 0.717) is 32.0 Å². The van der Waals surface area contributed by atoms with E-state index in [9.17, 15) is 13.2 Å². The summed E-state index contributed by atoms with van der Waals surface area (Å²) >= 11 is 1.67. The van der Waals surface area contributed by atoms with Gasteiger partial charge in [0.05, 0.1) is 33.3 Å². The molecule has 1 N–H and O–H groups in total. The predicted molar refractivity (Wildman–Crippen MR) is 129 cm³/mol. The molecule has 33 heavy (non-hydrogen) atoms. The largest absolute Gasteiger partial charge is 0.379 e. The van der Waals surface area contributed by atoms with Crippen molar-refractivity contribution >= 4 is 43.2 Å². The third-order valence-corrected chi connectivity index (χ3v) is 9.50. The fourth-order valence-electron chi connectivity index (χ4n) is 4.69. The number of aromatic nitrogens is 1. The Morgan fingerprint density at radius 1 is 1.06 bits per heavy atom. The van der Waals surface area contributed by atoms with Crippen LogP contribution >= 0.6 is 11.3 Å². The van der Waals surface area contributed by atoms with Crippen molar-refractivity contribution in [3.63, 3.8) is 0 Å². The fourth-order valence-corrected chi connectivity index (χ4v) is 7.32. The Balaban J connectivity index is 1.35. The van der Waals surface area contributed by atoms with Crippen LogP contribution in [0.25, 0.3) is 10.2 Å². The number of hydrogen-bond donors (Lipinski definition) is 1. The molecule has 2 atom stereocenters. The van der Waals surface area contributed by atoms with Crippen LogP contribution in [0.2, 0.25) is 0 Å². The van der Waals surface area contributed by atoms with Crippen LogP contribution in [0, 0.1) is 5.92 Å². The molecule has 7 nitrogen and oxygen atoms in total. The lowest BCUT2D eigenvalue weighted by Gasteiger charge is -2.29. The number of thiazole rings is 1. The summed E-state index contributed by atoms with van der Waals surface area (Å²) in [5, 5.41) is 4.00. The maximum atomic E-state index is 13.3. The molecule has 1 aromatic heterocycles. The molecule has 9 heteroatoms. The molecule has 1 amide bonds. The minimum absolute atomic E-state index is 0.0696. The number of nitrogens with one attached hydrogen (secondary N) is 1. The molecule has 1 saturated heterocycles. The van der Waals surface area contributed by atoms with E-state index in [-0.39, 0.29) is 22.6 Å². The Hall–Kier alpha value is -2.33. The zero-order chi connectivity index (χ0) is 22.8. The second-order valence-electron chi connectivity index (χ2n) is 8.55. The van der Waals surface area contributed by atoms with Crippen molar-refractivity contribution in [3.8, 4) is 0 Å². The first-order chi connectivity index (χ1) is 16.0. The molecular weight excluding hydrogens is 458 g/mol. The summed E-state index contributed by atoms with van der Waals surface area (Å²) in [6.45, 7) is 1.46. The number of para-hydroxylation sites is 1. The fraction of sp³-hybridized carbons (Fsp3) is 0.417. The van der Waals surface area contributed by atoms with Gasteiger partial charge in [0.15, 0.2) is 0 Å². The molecule has 1 aliphatic carbocycles. The van der Waals surface area contributed by atoms with Crippen LogP contribution in [0.4, 0.5) is 5.69 Å². The van der Waals surface area contributed by atoms with E-state index < -0.39 is 10.0 Å². The number of ether oxygens (including phenoxy) is 1. The molecule has 0 bridgehead atoms. The molecule has 0 radical (unpaired) electrons. The minimum atomic E-state index is -3.62. The first-order valence-electron chi connectivity index (χ1n) is 11.4. The van der Waals surface area contributed by atoms with Crippen LogP contribution in [0.15, 0.2) is 53.4 Å². The summed E-state index contributed by atoms with van der Waals surface area (Å²) in [6.07, 6.45) is 3.82. The Bertz CT molecular complexity index is 1220. The molecule has 174 valence electrons. The molecule has 2 aromatic carbocycles. The van der Waals surface area contributed by atoms with E-state index in [1.54, 1.807) is 35.6 Å². The number of hydrogen-bond acceptors (Lipinski definition) is 6. The third-order valence-electron chi connectivity index (χ3n) is 6.44. The molecule has 0 unspecified atom stereocenters. The number of nitrogens with zero attached hydrogens (tertiary/aromatic N) is 2. The monoisotopic (exact) mass is 485 g/mol. The van der Waals surface area contributed by atoms with E-state index in [1.807, 2.05) is 18.2 Å². The maximum Gasteiger partial charge on any atom is 0.243 e. The molecule has 5 rings (SSSR count). The van der Waals surface area contributed by atoms with E-state index in [2.05, 4.69) is 11.4 Å². The zero-order valence-electron chi connectivity index (χ0n) is 18.3. The van der Waals surface area contributed by atoms with Crippen molar-refractivity contribution in [2.24, 2.45) is 5.92 Å². The van der Waals surface area contributed by atoms with Gasteiger partial charge in [-0.25, -0.2) is 13.4 Å². The number of amides is 1. The third kappa shape index (κ3) is 4.68. The second-order valence-corrected chi connectivity index (χ2v) is 11.6. The lowest BCUT2D eigenvalue weighted by molar-refractivity contribution is -0.121. The SMILES string of the molecule is O=C(Nc1cccc(S(=O)(=O)N2CCOCC2)c1)[C@H]1CCCC[C@H]1c1nc2ccccc2s1. The Labute approximate surface area is 197 Å². The van der Waals surface area contributed by atoms with Crippen LogP contribution in [-0.4, -0.2) is 49.9 Å². The lowest BCUT2D eigenvalue weighted by atomic mass is 9.79. The first-order valence-corrected chi connectivity index (χ1v) is 13.6. The van der Waals surface area contributed by atoms with Gasteiger partial charge in [-0.3, -0.25) is 4.79 Å². The predicted octanol–water partition coefficient (Wildman–Crippen LogP) is 4.23. The molecular formula is C24H27N3O4S2. The molecule has 3 aromatic rings. The van der Waals surface area contributed by atoms with Gasteiger partial charge in [0, 0.05) is 30.6 Å². The topological polar surface area (TPSA) is 88.6 Å². The molecule has 2 aliphatic rings. The summed E-state index contributed by atoms with van der Waals surface area (Å²) in [6, 6.07) is 14.6. The van der Waals surface area contributed by atoms with Crippen LogP contribution in [0.5, 0.6) is 0 Å². The standard InChI is InChI=1S/C24H27N3O4S2/c28-23(19-8-1-2-9-20(19)24-26-21-10-3-4-11-22(21)32-24)25-17-6-5-7-18(16-17)33(29,30)27-12-14-31-15-13-27/h3-7,10-11,16,19-20H,1-2,8-9,12-15H2,(H,25,28)/t19-,20+/m0/s1. The Morgan fingerprint density at radius 2 is 1.85 bits per heavy atom. The molecule has 2 fully saturated rings. The number of sulfonamides is 1. The maximum absolute atomic E-state index is 13.3. The number of morpholine rings is 1. The Morgan fingerprint density at radius 3 is 2.67 bits per heavy atom. The average molecular weight is 486 g/mol. The summed E-state index contributed by atoms with van der Waals surface area (Å²) in [5.74, 6) is -0.171. The van der Waals surface area contributed by atoms with Crippen LogP contribution in [-0.2, 0) is 19.6 Å². The first kappa shape index (κ1) is 22.5. The van der Waals surface area contributed by atoms with E-state index in [4.69, 9.17) is 9.72 Å². The van der Waals surface area contributed by atoms with Gasteiger partial charge in [-0.1, -0.05) is 31.0 Å². The van der Waals surface area contributed by atoms with Crippen molar-refractivity contribution < 1.29 is 17.9 Å². The van der Waals surface area contributed by atoms with Gasteiger partial charge in [-0.15, -0.1) is 11.3 Å². The number of carbonyl (C=O) groups excluding carboxylic acids is 1. The van der Waals surface area contributed by atoms with E-state index in [0.717, 1.165) is 40.9 Å². The summed E-state index contributed by atoms with van der Waals surface area (Å²) in [7, 11) is -3.62. The van der Waals surface area contributed by atoms with Crippen molar-refractivity contribution in [2.75, 3.05) is 31.6 Å². The van der Waals surface area contributed by atoms with Gasteiger partial charge in [0.25, 0.3) is 0 Å². The average Bonchev–Trinajstić information content (AvgIpc) is 3.29. The summed E-state index contributed by atoms with van der Waals surface area (Å²) in [4.78, 5) is 18.3. The van der Waals surface area contributed by atoms with Crippen LogP contribution in [0.3, 0.4) is 0 Å². The van der Waals surface area contributed by atoms with Gasteiger partial charge in [0.2, 0.25) is 15.9 Å². The number of fused-ring (bicyclic) bond motifs is 1. The number of rotatable bonds is 5. The quantitative estimate of drug-likeness (QED) is 0.584. The molecule has 1 saturated carbocycles. The van der Waals surface area contributed by atoms with Crippen LogP contribution < -0.4 is 5.32 Å². The second kappa shape index (κ2) is 9.50. The number of anilines is 1. The highest BCUT2D eigenvalue weighted by Gasteiger charge is 2.34. The van der Waals surface area contributed by atoms with Gasteiger partial charge < -0.3 is 10.1 Å². The minimum Gasteiger partial charge on any atom is -0.379 e. The Kier molecular flexibility index (Phi) is 6.47. The summed E-state index contributed by atoms with van der Waals surface area (Å²) in [5.41, 5.74) is 1.48. The van der Waals surface area contributed by atoms with Crippen LogP contribution in [0.1, 0.15) is 36.6 Å². The van der Waals surface area contributed by atoms with Crippen molar-refractivity contribution in [1.29, 1.82) is 0 Å². The lowest BCUT2D eigenvalue weighted by Crippen LogP contribution is -2.40. The smallest absolute Gasteiger partial charge is 0.243 e. The van der Waals surface area contributed by atoms with E-state index in [1.165, 1.54) is 4.31 Å². The van der Waals surface area contributed by atoms with Crippen molar-refractivity contribution in [3.05, 3.63) is 53.5 Å². The highest BCUT2D eigenvalue weighted by Crippen LogP contribution is 2.41. The number of benzene rings is 2. The highest BCUT2D eigenvalue weighted by atomic mass is 32.2. The van der Waals surface area contributed by atoms with Crippen molar-refractivity contribution in [1.82, 2.24) is 9.29 Å². The highest BCUT2D eigenvalue weighted by molar-refractivity contribution is 7.89.